The van der Waals surface area contributed by atoms with E-state index in [-0.39, 0.29) is 0 Å². The maximum atomic E-state index is 6.01. The first-order chi connectivity index (χ1) is 14.7. The van der Waals surface area contributed by atoms with Gasteiger partial charge in [-0.05, 0) is 35.9 Å². The second-order valence-corrected chi connectivity index (χ2v) is 7.21. The summed E-state index contributed by atoms with van der Waals surface area (Å²) < 4.78 is 12.9. The molecule has 0 bridgehead atoms. The van der Waals surface area contributed by atoms with Crippen molar-refractivity contribution >= 4 is 22.5 Å². The van der Waals surface area contributed by atoms with Crippen molar-refractivity contribution in [1.29, 1.82) is 0 Å². The molecule has 0 radical (unpaired) electrons. The number of halogens is 1. The first-order valence-corrected chi connectivity index (χ1v) is 9.78. The lowest BCUT2D eigenvalue weighted by Gasteiger charge is -2.03. The Morgan fingerprint density at radius 2 is 1.73 bits per heavy atom. The van der Waals surface area contributed by atoms with Crippen LogP contribution in [0.2, 0.25) is 5.02 Å². The molecule has 2 aromatic heterocycles. The van der Waals surface area contributed by atoms with E-state index in [4.69, 9.17) is 26.0 Å². The lowest BCUT2D eigenvalue weighted by Crippen LogP contribution is -2.01. The average molecular weight is 417 g/mol. The van der Waals surface area contributed by atoms with E-state index in [0.29, 0.717) is 34.7 Å². The third-order valence-electron chi connectivity index (χ3n) is 4.88. The number of nitrogens with zero attached hydrogens (tertiary/aromatic N) is 4. The largest absolute Gasteiger partial charge is 0.496 e. The SMILES string of the molecule is COc1ccccc1-c1noc(-c2nn(Cc3ccc(Cl)cc3)c3ccccc23)n1. The lowest BCUT2D eigenvalue weighted by atomic mass is 10.2. The van der Waals surface area contributed by atoms with Gasteiger partial charge in [-0.15, -0.1) is 0 Å². The fraction of sp³-hybridized carbons (Fsp3) is 0.0870. The van der Waals surface area contributed by atoms with E-state index in [2.05, 4.69) is 10.1 Å². The number of aromatic nitrogens is 4. The molecule has 6 nitrogen and oxygen atoms in total. The van der Waals surface area contributed by atoms with Crippen LogP contribution in [0.5, 0.6) is 5.75 Å². The topological polar surface area (TPSA) is 66.0 Å². The summed E-state index contributed by atoms with van der Waals surface area (Å²) in [6.07, 6.45) is 0. The molecule has 7 heteroatoms. The monoisotopic (exact) mass is 416 g/mol. The molecule has 148 valence electrons. The van der Waals surface area contributed by atoms with E-state index in [1.54, 1.807) is 7.11 Å². The van der Waals surface area contributed by atoms with Crippen molar-refractivity contribution in [2.75, 3.05) is 7.11 Å². The summed E-state index contributed by atoms with van der Waals surface area (Å²) in [6, 6.07) is 23.3. The van der Waals surface area contributed by atoms with Crippen LogP contribution < -0.4 is 4.74 Å². The Kier molecular flexibility index (Phi) is 4.69. The van der Waals surface area contributed by atoms with Crippen LogP contribution in [0.1, 0.15) is 5.56 Å². The number of ether oxygens (including phenoxy) is 1. The van der Waals surface area contributed by atoms with Crippen molar-refractivity contribution in [2.45, 2.75) is 6.54 Å². The van der Waals surface area contributed by atoms with Gasteiger partial charge in [-0.3, -0.25) is 4.68 Å². The molecule has 0 fully saturated rings. The Morgan fingerprint density at radius 1 is 0.967 bits per heavy atom. The highest BCUT2D eigenvalue weighted by atomic mass is 35.5. The standard InChI is InChI=1S/C23H17ClN4O2/c1-29-20-9-5-3-7-18(20)22-25-23(30-27-22)21-17-6-2-4-8-19(17)28(26-21)14-15-10-12-16(24)13-11-15/h2-13H,14H2,1H3. The molecule has 0 aliphatic carbocycles. The molecule has 0 saturated heterocycles. The Hall–Kier alpha value is -3.64. The van der Waals surface area contributed by atoms with Crippen LogP contribution in [0.25, 0.3) is 33.9 Å². The molecule has 5 rings (SSSR count). The van der Waals surface area contributed by atoms with Crippen LogP contribution in [-0.2, 0) is 6.54 Å². The van der Waals surface area contributed by atoms with Crippen molar-refractivity contribution in [3.63, 3.8) is 0 Å². The Bertz CT molecular complexity index is 1320. The number of hydrogen-bond acceptors (Lipinski definition) is 5. The molecule has 2 heterocycles. The molecule has 0 aliphatic heterocycles. The predicted molar refractivity (Wildman–Crippen MR) is 116 cm³/mol. The Labute approximate surface area is 177 Å². The predicted octanol–water partition coefficient (Wildman–Crippen LogP) is 5.46. The minimum atomic E-state index is 0.363. The third kappa shape index (κ3) is 3.31. The van der Waals surface area contributed by atoms with E-state index in [1.807, 2.05) is 77.5 Å². The van der Waals surface area contributed by atoms with Gasteiger partial charge in [0.2, 0.25) is 5.82 Å². The van der Waals surface area contributed by atoms with Crippen molar-refractivity contribution in [3.8, 4) is 28.7 Å². The van der Waals surface area contributed by atoms with Crippen LogP contribution in [0, 0.1) is 0 Å². The number of fused-ring (bicyclic) bond motifs is 1. The number of hydrogen-bond donors (Lipinski definition) is 0. The van der Waals surface area contributed by atoms with Crippen LogP contribution in [0.15, 0.2) is 77.3 Å². The van der Waals surface area contributed by atoms with E-state index in [9.17, 15) is 0 Å². The van der Waals surface area contributed by atoms with Crippen molar-refractivity contribution in [3.05, 3.63) is 83.4 Å². The maximum absolute atomic E-state index is 6.01. The van der Waals surface area contributed by atoms with Crippen molar-refractivity contribution < 1.29 is 9.26 Å². The smallest absolute Gasteiger partial charge is 0.279 e. The van der Waals surface area contributed by atoms with E-state index < -0.39 is 0 Å². The van der Waals surface area contributed by atoms with Gasteiger partial charge in [0.05, 0.1) is 24.7 Å². The quantitative estimate of drug-likeness (QED) is 0.380. The molecule has 0 saturated carbocycles. The molecule has 0 spiro atoms. The van der Waals surface area contributed by atoms with Crippen molar-refractivity contribution in [1.82, 2.24) is 19.9 Å². The van der Waals surface area contributed by atoms with Gasteiger partial charge in [0.1, 0.15) is 5.75 Å². The minimum absolute atomic E-state index is 0.363. The number of methoxy groups -OCH3 is 1. The number of benzene rings is 3. The zero-order chi connectivity index (χ0) is 20.5. The summed E-state index contributed by atoms with van der Waals surface area (Å²) >= 11 is 6.01. The van der Waals surface area contributed by atoms with Crippen LogP contribution in [0.3, 0.4) is 0 Å². The Balaban J connectivity index is 1.57. The fourth-order valence-corrected chi connectivity index (χ4v) is 3.55. The highest BCUT2D eigenvalue weighted by Gasteiger charge is 2.20. The van der Waals surface area contributed by atoms with Gasteiger partial charge in [-0.25, -0.2) is 0 Å². The zero-order valence-corrected chi connectivity index (χ0v) is 16.9. The number of para-hydroxylation sites is 2. The molecule has 30 heavy (non-hydrogen) atoms. The molecule has 0 amide bonds. The van der Waals surface area contributed by atoms with Gasteiger partial charge in [0, 0.05) is 10.4 Å². The highest BCUT2D eigenvalue weighted by molar-refractivity contribution is 6.30. The fourth-order valence-electron chi connectivity index (χ4n) is 3.43. The number of rotatable bonds is 5. The molecule has 0 aliphatic rings. The van der Waals surface area contributed by atoms with Crippen LogP contribution in [-0.4, -0.2) is 27.0 Å². The first kappa shape index (κ1) is 18.4. The second kappa shape index (κ2) is 7.65. The van der Waals surface area contributed by atoms with Gasteiger partial charge in [0.15, 0.2) is 5.69 Å². The van der Waals surface area contributed by atoms with E-state index >= 15 is 0 Å². The molecular formula is C23H17ClN4O2. The first-order valence-electron chi connectivity index (χ1n) is 9.40. The summed E-state index contributed by atoms with van der Waals surface area (Å²) in [5, 5.41) is 10.6. The van der Waals surface area contributed by atoms with Gasteiger partial charge >= 0.3 is 0 Å². The summed E-state index contributed by atoms with van der Waals surface area (Å²) in [5.74, 6) is 1.50. The maximum Gasteiger partial charge on any atom is 0.279 e. The average Bonchev–Trinajstić information content (AvgIpc) is 3.41. The molecule has 0 atom stereocenters. The highest BCUT2D eigenvalue weighted by Crippen LogP contribution is 2.32. The van der Waals surface area contributed by atoms with Gasteiger partial charge < -0.3 is 9.26 Å². The summed E-state index contributed by atoms with van der Waals surface area (Å²) in [5.41, 5.74) is 3.49. The molecule has 0 N–H and O–H groups in total. The molecule has 0 unspecified atom stereocenters. The summed E-state index contributed by atoms with van der Waals surface area (Å²) in [6.45, 7) is 0.602. The molecule has 5 aromatic rings. The summed E-state index contributed by atoms with van der Waals surface area (Å²) in [7, 11) is 1.62. The van der Waals surface area contributed by atoms with Crippen LogP contribution in [0.4, 0.5) is 0 Å². The Morgan fingerprint density at radius 3 is 2.57 bits per heavy atom. The molecular weight excluding hydrogens is 400 g/mol. The summed E-state index contributed by atoms with van der Waals surface area (Å²) in [4.78, 5) is 4.59. The second-order valence-electron chi connectivity index (χ2n) is 6.77. The van der Waals surface area contributed by atoms with Gasteiger partial charge in [0.25, 0.3) is 5.89 Å². The van der Waals surface area contributed by atoms with Crippen LogP contribution >= 0.6 is 11.6 Å². The third-order valence-corrected chi connectivity index (χ3v) is 5.13. The molecule has 3 aromatic carbocycles. The van der Waals surface area contributed by atoms with Crippen molar-refractivity contribution in [2.24, 2.45) is 0 Å². The zero-order valence-electron chi connectivity index (χ0n) is 16.1. The van der Waals surface area contributed by atoms with Gasteiger partial charge in [-0.2, -0.15) is 10.1 Å². The normalized spacial score (nSPS) is 11.1. The minimum Gasteiger partial charge on any atom is -0.496 e. The lowest BCUT2D eigenvalue weighted by molar-refractivity contribution is 0.413. The van der Waals surface area contributed by atoms with E-state index in [1.165, 1.54) is 0 Å². The van der Waals surface area contributed by atoms with E-state index in [0.717, 1.165) is 22.0 Å². The van der Waals surface area contributed by atoms with Gasteiger partial charge in [-0.1, -0.05) is 59.2 Å².